The molecule has 0 aromatic heterocycles. The van der Waals surface area contributed by atoms with Gasteiger partial charge in [-0.25, -0.2) is 13.1 Å². The summed E-state index contributed by atoms with van der Waals surface area (Å²) < 4.78 is 24.2. The number of hydrogen-bond donors (Lipinski definition) is 4. The van der Waals surface area contributed by atoms with Gasteiger partial charge in [-0.3, -0.25) is 9.59 Å². The topological polar surface area (TPSA) is 133 Å². The number of nitrogens with one attached hydrogen (secondary N) is 2. The van der Waals surface area contributed by atoms with Crippen LogP contribution in [-0.4, -0.2) is 49.2 Å². The van der Waals surface area contributed by atoms with Gasteiger partial charge in [-0.15, -0.1) is 0 Å². The third-order valence-corrected chi connectivity index (χ3v) is 11.1. The van der Waals surface area contributed by atoms with Crippen LogP contribution in [0.4, 0.5) is 0 Å². The van der Waals surface area contributed by atoms with Crippen molar-refractivity contribution in [2.75, 3.05) is 6.61 Å². The predicted molar refractivity (Wildman–Crippen MR) is 211 cm³/mol. The number of fused-ring (bicyclic) bond motifs is 1. The van der Waals surface area contributed by atoms with E-state index in [1.165, 1.54) is 153 Å². The first-order valence-electron chi connectivity index (χ1n) is 20.7. The molecule has 2 atom stereocenters. The van der Waals surface area contributed by atoms with Gasteiger partial charge < -0.3 is 15.5 Å². The number of carbonyl (C=O) groups excluding carboxylic acids is 2. The molecule has 0 radical (unpaired) electrons. The SMILES string of the molecule is CCCCCCCCCCCC/C=C/[C@@H](O)[C@H](CO)NC(=O)CCCCCCCCCCCCCCCCC.O=C1NS(=O)(=O)c2ccccc21. The third-order valence-electron chi connectivity index (χ3n) is 9.67. The maximum absolute atomic E-state index is 12.3. The number of aliphatic hydroxyl groups excluding tert-OH is 2. The minimum atomic E-state index is -3.55. The first-order chi connectivity index (χ1) is 24.8. The second-order valence-electron chi connectivity index (χ2n) is 14.4. The van der Waals surface area contributed by atoms with Gasteiger partial charge in [0.25, 0.3) is 15.9 Å². The van der Waals surface area contributed by atoms with E-state index in [0.29, 0.717) is 6.42 Å². The highest BCUT2D eigenvalue weighted by atomic mass is 32.2. The second-order valence-corrected chi connectivity index (χ2v) is 16.0. The number of carbonyl (C=O) groups is 2. The Morgan fingerprint density at radius 3 is 1.59 bits per heavy atom. The summed E-state index contributed by atoms with van der Waals surface area (Å²) in [5, 5.41) is 22.8. The molecule has 0 unspecified atom stereocenters. The monoisotopic (exact) mass is 735 g/mol. The molecule has 8 nitrogen and oxygen atoms in total. The van der Waals surface area contributed by atoms with E-state index in [1.54, 1.807) is 18.2 Å². The molecule has 9 heteroatoms. The first kappa shape index (κ1) is 46.8. The van der Waals surface area contributed by atoms with Gasteiger partial charge in [0.05, 0.1) is 24.3 Å². The van der Waals surface area contributed by atoms with Gasteiger partial charge in [-0.1, -0.05) is 186 Å². The minimum absolute atomic E-state index is 0.0640. The van der Waals surface area contributed by atoms with Gasteiger partial charge in [0.15, 0.2) is 0 Å². The Morgan fingerprint density at radius 1 is 0.706 bits per heavy atom. The summed E-state index contributed by atoms with van der Waals surface area (Å²) >= 11 is 0. The zero-order valence-electron chi connectivity index (χ0n) is 32.4. The van der Waals surface area contributed by atoms with Gasteiger partial charge in [0, 0.05) is 6.42 Å². The van der Waals surface area contributed by atoms with E-state index in [4.69, 9.17) is 0 Å². The van der Waals surface area contributed by atoms with Crippen molar-refractivity contribution in [2.45, 2.75) is 204 Å². The lowest BCUT2D eigenvalue weighted by atomic mass is 10.0. The van der Waals surface area contributed by atoms with Crippen molar-refractivity contribution in [3.05, 3.63) is 42.0 Å². The summed E-state index contributed by atoms with van der Waals surface area (Å²) in [7, 11) is -3.55. The summed E-state index contributed by atoms with van der Waals surface area (Å²) in [6, 6.07) is 5.48. The molecule has 1 aromatic carbocycles. The molecule has 0 saturated heterocycles. The standard InChI is InChI=1S/C35H69NO3.C7H5NO3S/c1-3-5-7-9-11-13-15-17-18-19-21-23-25-27-29-31-35(39)36-33(32-37)34(38)30-28-26-24-22-20-16-14-12-10-8-6-4-2;9-7-5-3-1-2-4-6(5)12(10,11)8-7/h28,30,33-34,37-38H,3-27,29,31-32H2,1-2H3,(H,36,39);1-4H,(H,8,9)/b30-28+;/t33-,34+;/m0./s1. The quantitative estimate of drug-likeness (QED) is 0.0443. The molecule has 0 spiro atoms. The van der Waals surface area contributed by atoms with Crippen molar-refractivity contribution < 1.29 is 28.2 Å². The molecule has 1 heterocycles. The highest BCUT2D eigenvalue weighted by Gasteiger charge is 2.31. The van der Waals surface area contributed by atoms with Crippen LogP contribution in [0.2, 0.25) is 0 Å². The fraction of sp³-hybridized carbons (Fsp3) is 0.762. The Labute approximate surface area is 312 Å². The van der Waals surface area contributed by atoms with Gasteiger partial charge in [0.2, 0.25) is 5.91 Å². The van der Waals surface area contributed by atoms with Crippen LogP contribution in [0.25, 0.3) is 0 Å². The fourth-order valence-corrected chi connectivity index (χ4v) is 7.59. The highest BCUT2D eigenvalue weighted by Crippen LogP contribution is 2.21. The smallest absolute Gasteiger partial charge is 0.266 e. The molecule has 1 aliphatic rings. The Balaban J connectivity index is 0.000000892. The molecule has 0 aliphatic carbocycles. The molecule has 1 aromatic rings. The fourth-order valence-electron chi connectivity index (χ4n) is 6.41. The molecule has 0 fully saturated rings. The average molecular weight is 735 g/mol. The largest absolute Gasteiger partial charge is 0.394 e. The van der Waals surface area contributed by atoms with Crippen molar-refractivity contribution in [1.82, 2.24) is 10.0 Å². The summed E-state index contributed by atoms with van der Waals surface area (Å²) in [5.74, 6) is -0.614. The van der Waals surface area contributed by atoms with Crippen LogP contribution in [0.3, 0.4) is 0 Å². The van der Waals surface area contributed by atoms with Crippen LogP contribution in [0.1, 0.15) is 198 Å². The zero-order valence-corrected chi connectivity index (χ0v) is 33.2. The van der Waals surface area contributed by atoms with Crippen LogP contribution in [0.5, 0.6) is 0 Å². The number of hydrogen-bond acceptors (Lipinski definition) is 6. The lowest BCUT2D eigenvalue weighted by molar-refractivity contribution is -0.123. The van der Waals surface area contributed by atoms with E-state index >= 15 is 0 Å². The molecule has 0 bridgehead atoms. The van der Waals surface area contributed by atoms with Crippen molar-refractivity contribution >= 4 is 21.8 Å². The zero-order chi connectivity index (χ0) is 37.4. The van der Waals surface area contributed by atoms with Crippen molar-refractivity contribution in [3.8, 4) is 0 Å². The van der Waals surface area contributed by atoms with E-state index in [2.05, 4.69) is 19.2 Å². The Morgan fingerprint density at radius 2 is 1.14 bits per heavy atom. The lowest BCUT2D eigenvalue weighted by Crippen LogP contribution is -2.45. The van der Waals surface area contributed by atoms with Crippen LogP contribution >= 0.6 is 0 Å². The van der Waals surface area contributed by atoms with E-state index in [0.717, 1.165) is 25.7 Å². The highest BCUT2D eigenvalue weighted by molar-refractivity contribution is 7.90. The number of unbranched alkanes of at least 4 members (excludes halogenated alkanes) is 24. The molecular weight excluding hydrogens is 661 g/mol. The number of aliphatic hydroxyl groups is 2. The van der Waals surface area contributed by atoms with Gasteiger partial charge >= 0.3 is 0 Å². The number of allylic oxidation sites excluding steroid dienone is 1. The van der Waals surface area contributed by atoms with Crippen LogP contribution in [0.15, 0.2) is 41.3 Å². The average Bonchev–Trinajstić information content (AvgIpc) is 3.36. The molecule has 4 N–H and O–H groups in total. The summed E-state index contributed by atoms with van der Waals surface area (Å²) in [5.41, 5.74) is 0.220. The molecule has 2 rings (SSSR count). The maximum Gasteiger partial charge on any atom is 0.266 e. The van der Waals surface area contributed by atoms with Crippen LogP contribution in [-0.2, 0) is 14.8 Å². The van der Waals surface area contributed by atoms with E-state index < -0.39 is 28.1 Å². The van der Waals surface area contributed by atoms with Crippen molar-refractivity contribution in [2.24, 2.45) is 0 Å². The second kappa shape index (κ2) is 31.3. The Hall–Kier alpha value is -2.23. The van der Waals surface area contributed by atoms with Gasteiger partial charge in [-0.2, -0.15) is 0 Å². The minimum Gasteiger partial charge on any atom is -0.394 e. The van der Waals surface area contributed by atoms with E-state index in [-0.39, 0.29) is 23.0 Å². The molecule has 294 valence electrons. The van der Waals surface area contributed by atoms with E-state index in [9.17, 15) is 28.2 Å². The van der Waals surface area contributed by atoms with Crippen LogP contribution in [0, 0.1) is 0 Å². The normalized spacial score (nSPS) is 14.5. The molecule has 51 heavy (non-hydrogen) atoms. The number of sulfonamides is 1. The van der Waals surface area contributed by atoms with Crippen molar-refractivity contribution in [1.29, 1.82) is 0 Å². The lowest BCUT2D eigenvalue weighted by Gasteiger charge is -2.20. The van der Waals surface area contributed by atoms with Gasteiger partial charge in [-0.05, 0) is 31.4 Å². The first-order valence-corrected chi connectivity index (χ1v) is 22.2. The number of rotatable bonds is 31. The van der Waals surface area contributed by atoms with Gasteiger partial charge in [0.1, 0.15) is 4.90 Å². The number of benzene rings is 1. The Bertz CT molecular complexity index is 1160. The predicted octanol–water partition coefficient (Wildman–Crippen LogP) is 10.1. The summed E-state index contributed by atoms with van der Waals surface area (Å²) in [4.78, 5) is 23.3. The van der Waals surface area contributed by atoms with E-state index in [1.807, 2.05) is 10.8 Å². The number of amides is 2. The Kier molecular flexibility index (Phi) is 28.7. The molecular formula is C42H74N2O6S. The summed E-state index contributed by atoms with van der Waals surface area (Å²) in [6.45, 7) is 4.29. The van der Waals surface area contributed by atoms with Crippen molar-refractivity contribution in [3.63, 3.8) is 0 Å². The van der Waals surface area contributed by atoms with Crippen LogP contribution < -0.4 is 10.0 Å². The molecule has 1 aliphatic heterocycles. The summed E-state index contributed by atoms with van der Waals surface area (Å²) in [6.07, 6.45) is 37.1. The molecule has 0 saturated carbocycles. The maximum atomic E-state index is 12.3. The third kappa shape index (κ3) is 23.9. The molecule has 2 amide bonds.